The third-order valence-electron chi connectivity index (χ3n) is 3.06. The van der Waals surface area contributed by atoms with E-state index in [1.807, 2.05) is 11.8 Å². The van der Waals surface area contributed by atoms with Crippen LogP contribution in [0.1, 0.15) is 32.6 Å². The van der Waals surface area contributed by atoms with Crippen molar-refractivity contribution < 1.29 is 9.90 Å². The molecule has 0 radical (unpaired) electrons. The van der Waals surface area contributed by atoms with Crippen molar-refractivity contribution in [1.82, 2.24) is 10.2 Å². The molecule has 86 valence electrons. The zero-order valence-corrected chi connectivity index (χ0v) is 9.33. The molecule has 1 saturated carbocycles. The molecule has 0 bridgehead atoms. The van der Waals surface area contributed by atoms with Crippen LogP contribution in [-0.4, -0.2) is 47.2 Å². The van der Waals surface area contributed by atoms with E-state index in [4.69, 9.17) is 0 Å². The fourth-order valence-corrected chi connectivity index (χ4v) is 2.16. The maximum atomic E-state index is 11.5. The van der Waals surface area contributed by atoms with Crippen molar-refractivity contribution in [3.63, 3.8) is 0 Å². The summed E-state index contributed by atoms with van der Waals surface area (Å²) < 4.78 is 0. The van der Waals surface area contributed by atoms with Crippen LogP contribution in [0.3, 0.4) is 0 Å². The van der Waals surface area contributed by atoms with Gasteiger partial charge in [-0.2, -0.15) is 0 Å². The number of hydrogen-bond acceptors (Lipinski definition) is 3. The van der Waals surface area contributed by atoms with Gasteiger partial charge in [-0.15, -0.1) is 0 Å². The molecular weight excluding hydrogens is 192 g/mol. The molecule has 1 amide bonds. The summed E-state index contributed by atoms with van der Waals surface area (Å²) in [6, 6.07) is 0.433. The van der Waals surface area contributed by atoms with Crippen LogP contribution < -0.4 is 5.32 Å². The maximum absolute atomic E-state index is 11.5. The van der Waals surface area contributed by atoms with E-state index in [1.165, 1.54) is 0 Å². The van der Waals surface area contributed by atoms with Gasteiger partial charge in [0.2, 0.25) is 5.91 Å². The summed E-state index contributed by atoms with van der Waals surface area (Å²) in [5.74, 6) is 0.107. The first-order valence-corrected chi connectivity index (χ1v) is 5.79. The molecule has 2 rings (SSSR count). The number of rotatable bonds is 3. The van der Waals surface area contributed by atoms with Gasteiger partial charge in [-0.1, -0.05) is 0 Å². The minimum absolute atomic E-state index is 0.107. The molecule has 0 aromatic rings. The Hall–Kier alpha value is -0.610. The van der Waals surface area contributed by atoms with E-state index in [1.54, 1.807) is 0 Å². The van der Waals surface area contributed by atoms with E-state index in [0.29, 0.717) is 19.1 Å². The molecule has 1 saturated heterocycles. The highest BCUT2D eigenvalue weighted by molar-refractivity contribution is 5.78. The van der Waals surface area contributed by atoms with Gasteiger partial charge < -0.3 is 10.4 Å². The van der Waals surface area contributed by atoms with E-state index in [-0.39, 0.29) is 5.91 Å². The molecule has 1 aliphatic carbocycles. The number of aliphatic hydroxyl groups is 1. The van der Waals surface area contributed by atoms with Crippen molar-refractivity contribution in [2.24, 2.45) is 0 Å². The average Bonchev–Trinajstić information content (AvgIpc) is 2.85. The fraction of sp³-hybridized carbons (Fsp3) is 0.909. The zero-order valence-electron chi connectivity index (χ0n) is 9.33. The first-order valence-electron chi connectivity index (χ1n) is 5.79. The predicted octanol–water partition coefficient (Wildman–Crippen LogP) is 0.112. The summed E-state index contributed by atoms with van der Waals surface area (Å²) in [7, 11) is 0. The molecule has 4 nitrogen and oxygen atoms in total. The summed E-state index contributed by atoms with van der Waals surface area (Å²) in [5, 5.41) is 12.8. The van der Waals surface area contributed by atoms with Crippen LogP contribution >= 0.6 is 0 Å². The molecule has 1 aliphatic heterocycles. The van der Waals surface area contributed by atoms with Crippen LogP contribution in [-0.2, 0) is 4.79 Å². The van der Waals surface area contributed by atoms with Crippen molar-refractivity contribution in [2.75, 3.05) is 19.6 Å². The van der Waals surface area contributed by atoms with Crippen LogP contribution in [0.5, 0.6) is 0 Å². The van der Waals surface area contributed by atoms with E-state index < -0.39 is 5.60 Å². The monoisotopic (exact) mass is 212 g/mol. The van der Waals surface area contributed by atoms with Crippen molar-refractivity contribution in [2.45, 2.75) is 44.2 Å². The highest BCUT2D eigenvalue weighted by Crippen LogP contribution is 2.21. The second kappa shape index (κ2) is 4.10. The van der Waals surface area contributed by atoms with Gasteiger partial charge in [0.15, 0.2) is 0 Å². The van der Waals surface area contributed by atoms with E-state index >= 15 is 0 Å². The number of nitrogens with one attached hydrogen (secondary N) is 1. The van der Waals surface area contributed by atoms with Gasteiger partial charge in [0, 0.05) is 12.6 Å². The highest BCUT2D eigenvalue weighted by atomic mass is 16.3. The number of carbonyl (C=O) groups is 1. The second-order valence-electron chi connectivity index (χ2n) is 5.15. The molecule has 2 aliphatic rings. The molecule has 2 N–H and O–H groups in total. The third kappa shape index (κ3) is 3.47. The van der Waals surface area contributed by atoms with Crippen LogP contribution in [0, 0.1) is 0 Å². The number of nitrogens with zero attached hydrogens (tertiary/aromatic N) is 1. The van der Waals surface area contributed by atoms with Crippen molar-refractivity contribution in [1.29, 1.82) is 0 Å². The van der Waals surface area contributed by atoms with Crippen molar-refractivity contribution >= 4 is 5.91 Å². The van der Waals surface area contributed by atoms with Gasteiger partial charge in [-0.05, 0) is 39.2 Å². The predicted molar refractivity (Wildman–Crippen MR) is 57.5 cm³/mol. The highest BCUT2D eigenvalue weighted by Gasteiger charge is 2.30. The molecule has 2 fully saturated rings. The number of hydrogen-bond donors (Lipinski definition) is 2. The SMILES string of the molecule is CC1(O)CCCN(CC(=O)NC2CC2)C1. The average molecular weight is 212 g/mol. The van der Waals surface area contributed by atoms with E-state index in [0.717, 1.165) is 32.2 Å². The van der Waals surface area contributed by atoms with Crippen LogP contribution in [0.25, 0.3) is 0 Å². The van der Waals surface area contributed by atoms with Gasteiger partial charge >= 0.3 is 0 Å². The fourth-order valence-electron chi connectivity index (χ4n) is 2.16. The number of likely N-dealkylation sites (tertiary alicyclic amines) is 1. The second-order valence-corrected chi connectivity index (χ2v) is 5.15. The summed E-state index contributed by atoms with van der Waals surface area (Å²) in [6.45, 7) is 3.82. The summed E-state index contributed by atoms with van der Waals surface area (Å²) >= 11 is 0. The smallest absolute Gasteiger partial charge is 0.234 e. The lowest BCUT2D eigenvalue weighted by atomic mass is 9.95. The largest absolute Gasteiger partial charge is 0.389 e. The Morgan fingerprint density at radius 2 is 2.33 bits per heavy atom. The summed E-state index contributed by atoms with van der Waals surface area (Å²) in [5.41, 5.74) is -0.613. The first kappa shape index (κ1) is 10.9. The minimum Gasteiger partial charge on any atom is -0.389 e. The molecule has 0 aromatic carbocycles. The quantitative estimate of drug-likeness (QED) is 0.698. The Morgan fingerprint density at radius 3 is 2.93 bits per heavy atom. The lowest BCUT2D eigenvalue weighted by Gasteiger charge is -2.36. The van der Waals surface area contributed by atoms with Gasteiger partial charge in [0.05, 0.1) is 12.1 Å². The molecule has 1 heterocycles. The third-order valence-corrected chi connectivity index (χ3v) is 3.06. The van der Waals surface area contributed by atoms with Crippen LogP contribution in [0.15, 0.2) is 0 Å². The van der Waals surface area contributed by atoms with Crippen molar-refractivity contribution in [3.05, 3.63) is 0 Å². The van der Waals surface area contributed by atoms with Crippen molar-refractivity contribution in [3.8, 4) is 0 Å². The Morgan fingerprint density at radius 1 is 1.60 bits per heavy atom. The molecule has 15 heavy (non-hydrogen) atoms. The lowest BCUT2D eigenvalue weighted by Crippen LogP contribution is -2.49. The number of β-amino-alcohol motifs (C(OH)–C–C–N with tert-alkyl or cyclic N) is 1. The van der Waals surface area contributed by atoms with Gasteiger partial charge in [-0.25, -0.2) is 0 Å². The molecule has 0 aromatic heterocycles. The standard InChI is InChI=1S/C11H20N2O2/c1-11(15)5-2-6-13(8-11)7-10(14)12-9-3-4-9/h9,15H,2-8H2,1H3,(H,12,14). The molecular formula is C11H20N2O2. The van der Waals surface area contributed by atoms with Crippen LogP contribution in [0.4, 0.5) is 0 Å². The van der Waals surface area contributed by atoms with Gasteiger partial charge in [0.25, 0.3) is 0 Å². The lowest BCUT2D eigenvalue weighted by molar-refractivity contribution is -0.123. The van der Waals surface area contributed by atoms with E-state index in [2.05, 4.69) is 5.32 Å². The Balaban J connectivity index is 1.75. The van der Waals surface area contributed by atoms with Crippen LogP contribution in [0.2, 0.25) is 0 Å². The summed E-state index contributed by atoms with van der Waals surface area (Å²) in [6.07, 6.45) is 4.07. The maximum Gasteiger partial charge on any atom is 0.234 e. The number of piperidine rings is 1. The topological polar surface area (TPSA) is 52.6 Å². The zero-order chi connectivity index (χ0) is 10.9. The molecule has 1 unspecified atom stereocenters. The number of carbonyl (C=O) groups excluding carboxylic acids is 1. The Labute approximate surface area is 90.6 Å². The molecule has 0 spiro atoms. The van der Waals surface area contributed by atoms with Gasteiger partial charge in [0.1, 0.15) is 0 Å². The van der Waals surface area contributed by atoms with Gasteiger partial charge in [-0.3, -0.25) is 9.69 Å². The Kier molecular flexibility index (Phi) is 2.98. The number of amides is 1. The Bertz CT molecular complexity index is 249. The first-order chi connectivity index (χ1) is 7.05. The molecule has 1 atom stereocenters. The minimum atomic E-state index is -0.613. The molecule has 4 heteroatoms. The summed E-state index contributed by atoms with van der Waals surface area (Å²) in [4.78, 5) is 13.6. The van der Waals surface area contributed by atoms with E-state index in [9.17, 15) is 9.90 Å². The normalized spacial score (nSPS) is 32.7.